The first-order chi connectivity index (χ1) is 9.69. The highest BCUT2D eigenvalue weighted by Crippen LogP contribution is 2.23. The van der Waals surface area contributed by atoms with Gasteiger partial charge in [-0.2, -0.15) is 5.10 Å². The Labute approximate surface area is 129 Å². The van der Waals surface area contributed by atoms with Gasteiger partial charge >= 0.3 is 0 Å². The molecule has 2 heterocycles. The lowest BCUT2D eigenvalue weighted by molar-refractivity contribution is 0.102. The van der Waals surface area contributed by atoms with Crippen molar-refractivity contribution in [2.24, 2.45) is 0 Å². The lowest BCUT2D eigenvalue weighted by atomic mass is 10.1. The molecule has 2 aromatic rings. The fourth-order valence-electron chi connectivity index (χ4n) is 1.82. The van der Waals surface area contributed by atoms with Crippen molar-refractivity contribution in [2.45, 2.75) is 26.3 Å². The average molecular weight is 359 g/mol. The standard InChI is InChI=1S/C12H15BrN4O2S/c1-3-4-9-12(20-16-15-9)11(18)10-8(13)7-14-17(10)5-6-19-2/h7H,3-6H2,1-2H3. The normalized spacial score (nSPS) is 10.9. The summed E-state index contributed by atoms with van der Waals surface area (Å²) in [6.45, 7) is 3.07. The minimum atomic E-state index is -0.0936. The third-order valence-electron chi connectivity index (χ3n) is 2.77. The van der Waals surface area contributed by atoms with Gasteiger partial charge < -0.3 is 4.74 Å². The molecule has 0 bridgehead atoms. The van der Waals surface area contributed by atoms with Crippen LogP contribution in [-0.2, 0) is 17.7 Å². The molecule has 0 aliphatic carbocycles. The van der Waals surface area contributed by atoms with Crippen LogP contribution < -0.4 is 0 Å². The molecule has 6 nitrogen and oxygen atoms in total. The molecular formula is C12H15BrN4O2S. The number of hydrogen-bond donors (Lipinski definition) is 0. The molecular weight excluding hydrogens is 344 g/mol. The molecule has 0 aromatic carbocycles. The van der Waals surface area contributed by atoms with Crippen LogP contribution in [-0.4, -0.2) is 38.9 Å². The zero-order chi connectivity index (χ0) is 14.5. The Morgan fingerprint density at radius 1 is 1.55 bits per heavy atom. The first-order valence-corrected chi connectivity index (χ1v) is 7.81. The zero-order valence-electron chi connectivity index (χ0n) is 11.3. The first-order valence-electron chi connectivity index (χ1n) is 6.25. The summed E-state index contributed by atoms with van der Waals surface area (Å²) >= 11 is 4.51. The van der Waals surface area contributed by atoms with Crippen LogP contribution in [0.25, 0.3) is 0 Å². The maximum Gasteiger partial charge on any atom is 0.225 e. The number of carbonyl (C=O) groups excluding carboxylic acids is 1. The fraction of sp³-hybridized carbons (Fsp3) is 0.500. The first kappa shape index (κ1) is 15.3. The number of methoxy groups -OCH3 is 1. The number of nitrogens with zero attached hydrogens (tertiary/aromatic N) is 4. The molecule has 0 aliphatic rings. The van der Waals surface area contributed by atoms with Crippen molar-refractivity contribution >= 4 is 33.2 Å². The molecule has 0 saturated heterocycles. The van der Waals surface area contributed by atoms with Crippen molar-refractivity contribution in [3.63, 3.8) is 0 Å². The van der Waals surface area contributed by atoms with Gasteiger partial charge in [-0.15, -0.1) is 5.10 Å². The Morgan fingerprint density at radius 3 is 3.05 bits per heavy atom. The smallest absolute Gasteiger partial charge is 0.225 e. The van der Waals surface area contributed by atoms with E-state index in [1.54, 1.807) is 18.0 Å². The summed E-state index contributed by atoms with van der Waals surface area (Å²) in [5.41, 5.74) is 1.28. The van der Waals surface area contributed by atoms with E-state index in [1.807, 2.05) is 6.92 Å². The Bertz CT molecular complexity index is 596. The van der Waals surface area contributed by atoms with E-state index in [1.165, 1.54) is 0 Å². The third-order valence-corrected chi connectivity index (χ3v) is 4.11. The molecule has 108 valence electrons. The monoisotopic (exact) mass is 358 g/mol. The van der Waals surface area contributed by atoms with Crippen molar-refractivity contribution < 1.29 is 9.53 Å². The van der Waals surface area contributed by atoms with Gasteiger partial charge in [0.15, 0.2) is 0 Å². The number of ether oxygens (including phenoxy) is 1. The predicted octanol–water partition coefficient (Wildman–Crippen LogP) is 2.33. The van der Waals surface area contributed by atoms with E-state index in [2.05, 4.69) is 30.6 Å². The van der Waals surface area contributed by atoms with Crippen molar-refractivity contribution in [1.82, 2.24) is 19.4 Å². The molecule has 0 fully saturated rings. The van der Waals surface area contributed by atoms with Gasteiger partial charge in [-0.3, -0.25) is 9.48 Å². The predicted molar refractivity (Wildman–Crippen MR) is 79.1 cm³/mol. The molecule has 2 rings (SSSR count). The number of halogens is 1. The maximum atomic E-state index is 12.7. The Kier molecular flexibility index (Phi) is 5.38. The molecule has 2 aromatic heterocycles. The van der Waals surface area contributed by atoms with E-state index in [9.17, 15) is 4.79 Å². The third kappa shape index (κ3) is 3.13. The topological polar surface area (TPSA) is 69.9 Å². The van der Waals surface area contributed by atoms with Gasteiger partial charge in [0, 0.05) is 7.11 Å². The van der Waals surface area contributed by atoms with Crippen molar-refractivity contribution in [3.8, 4) is 0 Å². The minimum absolute atomic E-state index is 0.0936. The van der Waals surface area contributed by atoms with Crippen molar-refractivity contribution in [2.75, 3.05) is 13.7 Å². The second-order valence-electron chi connectivity index (χ2n) is 4.18. The molecule has 0 spiro atoms. The second-order valence-corrected chi connectivity index (χ2v) is 5.79. The highest BCUT2D eigenvalue weighted by molar-refractivity contribution is 9.10. The van der Waals surface area contributed by atoms with E-state index >= 15 is 0 Å². The lowest BCUT2D eigenvalue weighted by Gasteiger charge is -2.06. The number of carbonyl (C=O) groups is 1. The van der Waals surface area contributed by atoms with Gasteiger partial charge in [-0.1, -0.05) is 17.8 Å². The van der Waals surface area contributed by atoms with Crippen LogP contribution >= 0.6 is 27.5 Å². The van der Waals surface area contributed by atoms with Gasteiger partial charge in [0.2, 0.25) is 5.78 Å². The van der Waals surface area contributed by atoms with Crippen LogP contribution in [0.3, 0.4) is 0 Å². The summed E-state index contributed by atoms with van der Waals surface area (Å²) in [7, 11) is 1.62. The number of rotatable bonds is 7. The van der Waals surface area contributed by atoms with E-state index in [0.717, 1.165) is 30.1 Å². The van der Waals surface area contributed by atoms with Crippen LogP contribution in [0.1, 0.15) is 34.4 Å². The lowest BCUT2D eigenvalue weighted by Crippen LogP contribution is -2.15. The minimum Gasteiger partial charge on any atom is -0.383 e. The van der Waals surface area contributed by atoms with E-state index in [4.69, 9.17) is 4.74 Å². The average Bonchev–Trinajstić information content (AvgIpc) is 3.03. The quantitative estimate of drug-likeness (QED) is 0.710. The largest absolute Gasteiger partial charge is 0.383 e. The van der Waals surface area contributed by atoms with E-state index in [0.29, 0.717) is 28.2 Å². The molecule has 0 N–H and O–H groups in total. The molecule has 20 heavy (non-hydrogen) atoms. The Balaban J connectivity index is 2.32. The Hall–Kier alpha value is -1.12. The summed E-state index contributed by atoms with van der Waals surface area (Å²) in [6.07, 6.45) is 3.30. The highest BCUT2D eigenvalue weighted by Gasteiger charge is 2.23. The molecule has 8 heteroatoms. The zero-order valence-corrected chi connectivity index (χ0v) is 13.7. The number of ketones is 1. The van der Waals surface area contributed by atoms with Gasteiger partial charge in [0.1, 0.15) is 10.6 Å². The van der Waals surface area contributed by atoms with Gasteiger partial charge in [0.05, 0.1) is 29.5 Å². The summed E-state index contributed by atoms with van der Waals surface area (Å²) < 4.78 is 11.2. The van der Waals surface area contributed by atoms with Crippen LogP contribution in [0.5, 0.6) is 0 Å². The SMILES string of the molecule is CCCc1nnsc1C(=O)c1c(Br)cnn1CCOC. The molecule has 0 radical (unpaired) electrons. The number of aryl methyl sites for hydroxylation is 1. The van der Waals surface area contributed by atoms with Crippen LogP contribution in [0.2, 0.25) is 0 Å². The summed E-state index contributed by atoms with van der Waals surface area (Å²) in [5.74, 6) is -0.0936. The molecule has 0 amide bonds. The van der Waals surface area contributed by atoms with Crippen LogP contribution in [0, 0.1) is 0 Å². The highest BCUT2D eigenvalue weighted by atomic mass is 79.9. The van der Waals surface area contributed by atoms with Gasteiger partial charge in [0.25, 0.3) is 0 Å². The maximum absolute atomic E-state index is 12.7. The number of aromatic nitrogens is 4. The van der Waals surface area contributed by atoms with Gasteiger partial charge in [-0.05, 0) is 33.9 Å². The summed E-state index contributed by atoms with van der Waals surface area (Å²) in [6, 6.07) is 0. The molecule has 0 atom stereocenters. The second kappa shape index (κ2) is 7.05. The fourth-order valence-corrected chi connectivity index (χ4v) is 2.95. The summed E-state index contributed by atoms with van der Waals surface area (Å²) in [4.78, 5) is 13.3. The van der Waals surface area contributed by atoms with E-state index in [-0.39, 0.29) is 5.78 Å². The van der Waals surface area contributed by atoms with Crippen molar-refractivity contribution in [3.05, 3.63) is 26.9 Å². The van der Waals surface area contributed by atoms with E-state index < -0.39 is 0 Å². The Morgan fingerprint density at radius 2 is 2.35 bits per heavy atom. The number of hydrogen-bond acceptors (Lipinski definition) is 6. The molecule has 0 unspecified atom stereocenters. The van der Waals surface area contributed by atoms with Crippen LogP contribution in [0.15, 0.2) is 10.7 Å². The summed E-state index contributed by atoms with van der Waals surface area (Å²) in [5, 5.41) is 8.23. The van der Waals surface area contributed by atoms with Crippen LogP contribution in [0.4, 0.5) is 0 Å². The van der Waals surface area contributed by atoms with Gasteiger partial charge in [-0.25, -0.2) is 0 Å². The molecule has 0 aliphatic heterocycles. The van der Waals surface area contributed by atoms with Crippen molar-refractivity contribution in [1.29, 1.82) is 0 Å². The molecule has 0 saturated carbocycles.